The van der Waals surface area contributed by atoms with Crippen LogP contribution >= 0.6 is 11.6 Å². The number of pyridine rings is 1. The fourth-order valence-electron chi connectivity index (χ4n) is 3.55. The maximum atomic E-state index is 12.7. The van der Waals surface area contributed by atoms with Gasteiger partial charge in [-0.2, -0.15) is 0 Å². The lowest BCUT2D eigenvalue weighted by molar-refractivity contribution is 0.0932. The van der Waals surface area contributed by atoms with E-state index < -0.39 is 0 Å². The molecule has 4 rings (SSSR count). The van der Waals surface area contributed by atoms with Crippen molar-refractivity contribution in [3.05, 3.63) is 58.2 Å². The van der Waals surface area contributed by atoms with Crippen LogP contribution < -0.4 is 10.1 Å². The largest absolute Gasteiger partial charge is 0.471 e. The predicted octanol–water partition coefficient (Wildman–Crippen LogP) is 3.71. The van der Waals surface area contributed by atoms with Gasteiger partial charge in [0.25, 0.3) is 5.91 Å². The Bertz CT molecular complexity index is 805. The number of carbonyl (C=O) groups excluding carboxylic acids is 1. The average molecular weight is 373 g/mol. The van der Waals surface area contributed by atoms with E-state index >= 15 is 0 Å². The summed E-state index contributed by atoms with van der Waals surface area (Å²) in [5.41, 5.74) is 2.95. The highest BCUT2D eigenvalue weighted by atomic mass is 35.5. The molecule has 2 heterocycles. The van der Waals surface area contributed by atoms with Crippen LogP contribution in [-0.2, 0) is 11.2 Å². The number of aromatic nitrogens is 1. The summed E-state index contributed by atoms with van der Waals surface area (Å²) in [6.07, 6.45) is 5.37. The van der Waals surface area contributed by atoms with E-state index in [2.05, 4.69) is 22.4 Å². The predicted molar refractivity (Wildman–Crippen MR) is 98.7 cm³/mol. The van der Waals surface area contributed by atoms with E-state index in [1.54, 1.807) is 6.07 Å². The maximum absolute atomic E-state index is 12.7. The van der Waals surface area contributed by atoms with E-state index in [1.807, 2.05) is 12.1 Å². The first-order chi connectivity index (χ1) is 12.7. The molecule has 2 aliphatic rings. The normalized spacial score (nSPS) is 21.9. The van der Waals surface area contributed by atoms with Gasteiger partial charge < -0.3 is 14.8 Å². The Labute approximate surface area is 157 Å². The number of rotatable bonds is 4. The van der Waals surface area contributed by atoms with Crippen LogP contribution in [-0.4, -0.2) is 30.2 Å². The summed E-state index contributed by atoms with van der Waals surface area (Å²) in [4.78, 5) is 16.9. The smallest absolute Gasteiger partial charge is 0.253 e. The number of nitrogens with zero attached hydrogens (tertiary/aromatic N) is 1. The van der Waals surface area contributed by atoms with Gasteiger partial charge in [0.1, 0.15) is 11.1 Å². The summed E-state index contributed by atoms with van der Waals surface area (Å²) >= 11 is 6.27. The van der Waals surface area contributed by atoms with Crippen molar-refractivity contribution in [1.82, 2.24) is 10.3 Å². The number of halogens is 1. The second kappa shape index (κ2) is 7.64. The van der Waals surface area contributed by atoms with Gasteiger partial charge in [0.15, 0.2) is 0 Å². The van der Waals surface area contributed by atoms with Gasteiger partial charge in [0.05, 0.1) is 24.8 Å². The van der Waals surface area contributed by atoms with Gasteiger partial charge in [0, 0.05) is 12.6 Å². The van der Waals surface area contributed by atoms with Gasteiger partial charge in [-0.15, -0.1) is 0 Å². The summed E-state index contributed by atoms with van der Waals surface area (Å²) in [6, 6.07) is 9.92. The Morgan fingerprint density at radius 2 is 2.19 bits per heavy atom. The lowest BCUT2D eigenvalue weighted by atomic mass is 9.87. The number of hydrogen-bond donors (Lipinski definition) is 1. The van der Waals surface area contributed by atoms with Gasteiger partial charge in [-0.3, -0.25) is 4.79 Å². The monoisotopic (exact) mass is 372 g/mol. The zero-order valence-corrected chi connectivity index (χ0v) is 15.2. The van der Waals surface area contributed by atoms with Gasteiger partial charge in [-0.05, 0) is 36.5 Å². The Hall–Kier alpha value is -2.11. The summed E-state index contributed by atoms with van der Waals surface area (Å²) in [5, 5.41) is 3.45. The SMILES string of the molecule is O=C(NC1CCCc2ccccc21)c1cnc(OC2CCOC2)c(Cl)c1. The molecular formula is C20H21ClN2O3. The quantitative estimate of drug-likeness (QED) is 0.888. The molecule has 0 spiro atoms. The number of ether oxygens (including phenoxy) is 2. The first-order valence-corrected chi connectivity index (χ1v) is 9.37. The average Bonchev–Trinajstić information content (AvgIpc) is 3.17. The number of hydrogen-bond acceptors (Lipinski definition) is 4. The molecule has 1 N–H and O–H groups in total. The van der Waals surface area contributed by atoms with E-state index in [0.717, 1.165) is 25.7 Å². The van der Waals surface area contributed by atoms with Crippen molar-refractivity contribution < 1.29 is 14.3 Å². The Balaban J connectivity index is 1.46. The lowest BCUT2D eigenvalue weighted by Gasteiger charge is -2.26. The second-order valence-electron chi connectivity index (χ2n) is 6.73. The minimum atomic E-state index is -0.170. The molecule has 2 atom stereocenters. The Morgan fingerprint density at radius 3 is 3.00 bits per heavy atom. The highest BCUT2D eigenvalue weighted by molar-refractivity contribution is 6.32. The molecule has 1 aliphatic heterocycles. The molecule has 1 aromatic carbocycles. The van der Waals surface area contributed by atoms with Crippen LogP contribution in [0.5, 0.6) is 5.88 Å². The minimum absolute atomic E-state index is 0.0257. The van der Waals surface area contributed by atoms with Crippen molar-refractivity contribution in [2.24, 2.45) is 0 Å². The van der Waals surface area contributed by atoms with Crippen LogP contribution in [0.1, 0.15) is 46.8 Å². The summed E-state index contributed by atoms with van der Waals surface area (Å²) in [6.45, 7) is 1.23. The molecular weight excluding hydrogens is 352 g/mol. The number of fused-ring (bicyclic) bond motifs is 1. The first kappa shape index (κ1) is 17.3. The molecule has 1 saturated heterocycles. The summed E-state index contributed by atoms with van der Waals surface area (Å²) in [5.74, 6) is 0.179. The zero-order chi connectivity index (χ0) is 17.9. The van der Waals surface area contributed by atoms with Crippen molar-refractivity contribution in [1.29, 1.82) is 0 Å². The van der Waals surface area contributed by atoms with Gasteiger partial charge >= 0.3 is 0 Å². The Kier molecular flexibility index (Phi) is 5.09. The third-order valence-electron chi connectivity index (χ3n) is 4.91. The second-order valence-corrected chi connectivity index (χ2v) is 7.14. The van der Waals surface area contributed by atoms with Crippen LogP contribution in [0.25, 0.3) is 0 Å². The molecule has 1 fully saturated rings. The van der Waals surface area contributed by atoms with Crippen molar-refractivity contribution in [3.63, 3.8) is 0 Å². The number of nitrogens with one attached hydrogen (secondary N) is 1. The first-order valence-electron chi connectivity index (χ1n) is 8.99. The molecule has 0 saturated carbocycles. The fourth-order valence-corrected chi connectivity index (χ4v) is 3.76. The van der Waals surface area contributed by atoms with E-state index in [0.29, 0.717) is 29.7 Å². The topological polar surface area (TPSA) is 60.5 Å². The van der Waals surface area contributed by atoms with Crippen molar-refractivity contribution in [2.75, 3.05) is 13.2 Å². The lowest BCUT2D eigenvalue weighted by Crippen LogP contribution is -2.31. The van der Waals surface area contributed by atoms with Crippen LogP contribution in [0.2, 0.25) is 5.02 Å². The molecule has 1 aliphatic carbocycles. The third-order valence-corrected chi connectivity index (χ3v) is 5.18. The standard InChI is InChI=1S/C20H21ClN2O3/c21-17-10-14(11-22-20(17)26-15-8-9-25-12-15)19(24)23-18-7-3-5-13-4-1-2-6-16(13)18/h1-2,4,6,10-11,15,18H,3,5,7-9,12H2,(H,23,24). The van der Waals surface area contributed by atoms with Crippen molar-refractivity contribution >= 4 is 17.5 Å². The molecule has 5 nitrogen and oxygen atoms in total. The van der Waals surface area contributed by atoms with E-state index in [1.165, 1.54) is 17.3 Å². The maximum Gasteiger partial charge on any atom is 0.253 e. The van der Waals surface area contributed by atoms with E-state index in [-0.39, 0.29) is 18.1 Å². The van der Waals surface area contributed by atoms with E-state index in [9.17, 15) is 4.79 Å². The molecule has 26 heavy (non-hydrogen) atoms. The zero-order valence-electron chi connectivity index (χ0n) is 14.4. The highest BCUT2D eigenvalue weighted by Gasteiger charge is 2.23. The molecule has 0 bridgehead atoms. The molecule has 1 aromatic heterocycles. The summed E-state index contributed by atoms with van der Waals surface area (Å²) < 4.78 is 11.0. The van der Waals surface area contributed by atoms with Crippen LogP contribution in [0.3, 0.4) is 0 Å². The molecule has 0 radical (unpaired) electrons. The fraction of sp³-hybridized carbons (Fsp3) is 0.400. The third kappa shape index (κ3) is 3.69. The summed E-state index contributed by atoms with van der Waals surface area (Å²) in [7, 11) is 0. The van der Waals surface area contributed by atoms with E-state index in [4.69, 9.17) is 21.1 Å². The highest BCUT2D eigenvalue weighted by Crippen LogP contribution is 2.30. The molecule has 2 aromatic rings. The molecule has 136 valence electrons. The number of aryl methyl sites for hydroxylation is 1. The van der Waals surface area contributed by atoms with Gasteiger partial charge in [-0.25, -0.2) is 4.98 Å². The van der Waals surface area contributed by atoms with Crippen molar-refractivity contribution in [2.45, 2.75) is 37.8 Å². The van der Waals surface area contributed by atoms with Gasteiger partial charge in [-0.1, -0.05) is 35.9 Å². The molecule has 2 unspecified atom stereocenters. The number of carbonyl (C=O) groups is 1. The number of benzene rings is 1. The van der Waals surface area contributed by atoms with Crippen molar-refractivity contribution in [3.8, 4) is 5.88 Å². The van der Waals surface area contributed by atoms with Crippen LogP contribution in [0.4, 0.5) is 0 Å². The molecule has 6 heteroatoms. The van der Waals surface area contributed by atoms with Crippen LogP contribution in [0.15, 0.2) is 36.5 Å². The van der Waals surface area contributed by atoms with Crippen LogP contribution in [0, 0.1) is 0 Å². The number of amides is 1. The van der Waals surface area contributed by atoms with Gasteiger partial charge in [0.2, 0.25) is 5.88 Å². The molecule has 1 amide bonds. The minimum Gasteiger partial charge on any atom is -0.471 e. The Morgan fingerprint density at radius 1 is 1.31 bits per heavy atom.